The fourth-order valence-corrected chi connectivity index (χ4v) is 1.85. The summed E-state index contributed by atoms with van der Waals surface area (Å²) >= 11 is 0. The van der Waals surface area contributed by atoms with E-state index in [1.54, 1.807) is 17.2 Å². The zero-order chi connectivity index (χ0) is 10.8. The Bertz CT molecular complexity index is 387. The summed E-state index contributed by atoms with van der Waals surface area (Å²) in [4.78, 5) is 18.0. The van der Waals surface area contributed by atoms with Crippen LogP contribution in [0.1, 0.15) is 22.5 Å². The third kappa shape index (κ3) is 3.56. The minimum absolute atomic E-state index is 0. The molecular formula is C11H17Cl2N3O. The van der Waals surface area contributed by atoms with Crippen LogP contribution in [0.4, 0.5) is 0 Å². The molecule has 0 saturated carbocycles. The van der Waals surface area contributed by atoms with Gasteiger partial charge in [0.25, 0.3) is 5.91 Å². The Hall–Kier alpha value is -0.840. The van der Waals surface area contributed by atoms with Crippen LogP contribution in [0.25, 0.3) is 0 Å². The van der Waals surface area contributed by atoms with E-state index in [1.807, 2.05) is 13.0 Å². The normalized spacial score (nSPS) is 18.2. The fourth-order valence-electron chi connectivity index (χ4n) is 1.85. The average Bonchev–Trinajstić information content (AvgIpc) is 2.65. The smallest absolute Gasteiger partial charge is 0.255 e. The lowest BCUT2D eigenvalue weighted by Gasteiger charge is -2.16. The Labute approximate surface area is 113 Å². The van der Waals surface area contributed by atoms with E-state index in [0.717, 1.165) is 18.7 Å². The third-order valence-electron chi connectivity index (χ3n) is 2.75. The second kappa shape index (κ2) is 6.79. The second-order valence-corrected chi connectivity index (χ2v) is 3.94. The molecule has 1 aliphatic heterocycles. The van der Waals surface area contributed by atoms with Crippen LogP contribution in [0, 0.1) is 6.92 Å². The molecule has 2 N–H and O–H groups in total. The maximum Gasteiger partial charge on any atom is 0.255 e. The standard InChI is InChI=1S/C11H15N3O.2ClH/c1-8-10(3-2-5-13-8)11(15)14-6-4-9(12)7-14;;/h2-3,5,9H,4,6-7,12H2,1H3;2*1H/t9-;;/m0../s1. The van der Waals surface area contributed by atoms with Gasteiger partial charge in [-0.2, -0.15) is 0 Å². The van der Waals surface area contributed by atoms with Crippen LogP contribution in [0.5, 0.6) is 0 Å². The highest BCUT2D eigenvalue weighted by atomic mass is 35.5. The zero-order valence-electron chi connectivity index (χ0n) is 9.63. The summed E-state index contributed by atoms with van der Waals surface area (Å²) < 4.78 is 0. The Morgan fingerprint density at radius 3 is 2.76 bits per heavy atom. The number of amides is 1. The molecule has 1 fully saturated rings. The minimum atomic E-state index is 0. The Morgan fingerprint density at radius 1 is 1.53 bits per heavy atom. The number of halogens is 2. The summed E-state index contributed by atoms with van der Waals surface area (Å²) in [7, 11) is 0. The number of carbonyl (C=O) groups is 1. The topological polar surface area (TPSA) is 59.2 Å². The molecule has 0 spiro atoms. The summed E-state index contributed by atoms with van der Waals surface area (Å²) in [5.74, 6) is 0.0496. The minimum Gasteiger partial charge on any atom is -0.337 e. The van der Waals surface area contributed by atoms with E-state index in [0.29, 0.717) is 12.1 Å². The van der Waals surface area contributed by atoms with Gasteiger partial charge in [-0.1, -0.05) is 0 Å². The van der Waals surface area contributed by atoms with Crippen LogP contribution < -0.4 is 5.73 Å². The van der Waals surface area contributed by atoms with Crippen LogP contribution in [-0.2, 0) is 0 Å². The zero-order valence-corrected chi connectivity index (χ0v) is 11.3. The molecule has 2 rings (SSSR count). The molecule has 96 valence electrons. The monoisotopic (exact) mass is 277 g/mol. The van der Waals surface area contributed by atoms with E-state index in [4.69, 9.17) is 5.73 Å². The van der Waals surface area contributed by atoms with Crippen molar-refractivity contribution in [2.75, 3.05) is 13.1 Å². The highest BCUT2D eigenvalue weighted by Gasteiger charge is 2.25. The van der Waals surface area contributed by atoms with E-state index in [9.17, 15) is 4.79 Å². The van der Waals surface area contributed by atoms with Crippen LogP contribution in [-0.4, -0.2) is 34.9 Å². The van der Waals surface area contributed by atoms with Crippen molar-refractivity contribution in [3.05, 3.63) is 29.6 Å². The van der Waals surface area contributed by atoms with Gasteiger partial charge in [0.1, 0.15) is 0 Å². The predicted octanol–water partition coefficient (Wildman–Crippen LogP) is 1.41. The summed E-state index contributed by atoms with van der Waals surface area (Å²) in [6, 6.07) is 3.73. The molecule has 1 amide bonds. The molecule has 2 heterocycles. The van der Waals surface area contributed by atoms with Gasteiger partial charge in [-0.3, -0.25) is 9.78 Å². The van der Waals surface area contributed by atoms with Crippen molar-refractivity contribution >= 4 is 30.7 Å². The van der Waals surface area contributed by atoms with Gasteiger partial charge in [0.15, 0.2) is 0 Å². The van der Waals surface area contributed by atoms with Crippen LogP contribution >= 0.6 is 24.8 Å². The van der Waals surface area contributed by atoms with Crippen LogP contribution in [0.2, 0.25) is 0 Å². The molecule has 0 aromatic carbocycles. The van der Waals surface area contributed by atoms with E-state index in [-0.39, 0.29) is 36.8 Å². The lowest BCUT2D eigenvalue weighted by Crippen LogP contribution is -2.32. The number of carbonyl (C=O) groups excluding carboxylic acids is 1. The first-order valence-electron chi connectivity index (χ1n) is 5.15. The molecule has 17 heavy (non-hydrogen) atoms. The number of hydrogen-bond acceptors (Lipinski definition) is 3. The lowest BCUT2D eigenvalue weighted by molar-refractivity contribution is 0.0789. The molecule has 0 radical (unpaired) electrons. The Kier molecular flexibility index (Phi) is 6.45. The average molecular weight is 278 g/mol. The summed E-state index contributed by atoms with van der Waals surface area (Å²) in [5, 5.41) is 0. The third-order valence-corrected chi connectivity index (χ3v) is 2.75. The highest BCUT2D eigenvalue weighted by molar-refractivity contribution is 5.95. The summed E-state index contributed by atoms with van der Waals surface area (Å²) in [6.07, 6.45) is 2.59. The first-order chi connectivity index (χ1) is 7.18. The van der Waals surface area contributed by atoms with Gasteiger partial charge in [0, 0.05) is 31.0 Å². The van der Waals surface area contributed by atoms with Crippen molar-refractivity contribution in [1.29, 1.82) is 0 Å². The first kappa shape index (κ1) is 16.2. The second-order valence-electron chi connectivity index (χ2n) is 3.94. The molecule has 1 atom stereocenters. The quantitative estimate of drug-likeness (QED) is 0.845. The van der Waals surface area contributed by atoms with Crippen molar-refractivity contribution in [3.63, 3.8) is 0 Å². The summed E-state index contributed by atoms with van der Waals surface area (Å²) in [6.45, 7) is 3.27. The van der Waals surface area contributed by atoms with Crippen LogP contribution in [0.15, 0.2) is 18.3 Å². The van der Waals surface area contributed by atoms with Crippen LogP contribution in [0.3, 0.4) is 0 Å². The largest absolute Gasteiger partial charge is 0.337 e. The van der Waals surface area contributed by atoms with E-state index in [1.165, 1.54) is 0 Å². The molecule has 0 unspecified atom stereocenters. The number of likely N-dealkylation sites (tertiary alicyclic amines) is 1. The van der Waals surface area contributed by atoms with Gasteiger partial charge in [-0.05, 0) is 25.5 Å². The molecule has 6 heteroatoms. The number of hydrogen-bond donors (Lipinski definition) is 1. The number of rotatable bonds is 1. The van der Waals surface area contributed by atoms with Crippen molar-refractivity contribution < 1.29 is 4.79 Å². The van der Waals surface area contributed by atoms with Crippen molar-refractivity contribution in [1.82, 2.24) is 9.88 Å². The first-order valence-corrected chi connectivity index (χ1v) is 5.15. The molecular weight excluding hydrogens is 261 g/mol. The molecule has 1 aromatic heterocycles. The predicted molar refractivity (Wildman–Crippen MR) is 72.0 cm³/mol. The molecule has 4 nitrogen and oxygen atoms in total. The Morgan fingerprint density at radius 2 is 2.24 bits per heavy atom. The number of nitrogens with zero attached hydrogens (tertiary/aromatic N) is 2. The van der Waals surface area contributed by atoms with Crippen molar-refractivity contribution in [2.24, 2.45) is 5.73 Å². The van der Waals surface area contributed by atoms with Crippen molar-refractivity contribution in [3.8, 4) is 0 Å². The molecule has 0 bridgehead atoms. The van der Waals surface area contributed by atoms with Crippen molar-refractivity contribution in [2.45, 2.75) is 19.4 Å². The number of nitrogens with two attached hydrogens (primary N) is 1. The fraction of sp³-hybridized carbons (Fsp3) is 0.455. The van der Waals surface area contributed by atoms with Gasteiger partial charge in [0.2, 0.25) is 0 Å². The maximum atomic E-state index is 12.0. The number of aryl methyl sites for hydroxylation is 1. The van der Waals surface area contributed by atoms with E-state index < -0.39 is 0 Å². The SMILES string of the molecule is Cc1ncccc1C(=O)N1CC[C@H](N)C1.Cl.Cl. The molecule has 1 saturated heterocycles. The van der Waals surface area contributed by atoms with Gasteiger partial charge >= 0.3 is 0 Å². The number of aromatic nitrogens is 1. The Balaban J connectivity index is 0.00000128. The molecule has 1 aliphatic rings. The maximum absolute atomic E-state index is 12.0. The van der Waals surface area contributed by atoms with Gasteiger partial charge in [-0.25, -0.2) is 0 Å². The number of pyridine rings is 1. The molecule has 0 aliphatic carbocycles. The van der Waals surface area contributed by atoms with Gasteiger partial charge in [-0.15, -0.1) is 24.8 Å². The highest BCUT2D eigenvalue weighted by Crippen LogP contribution is 2.13. The van der Waals surface area contributed by atoms with E-state index in [2.05, 4.69) is 4.98 Å². The summed E-state index contributed by atoms with van der Waals surface area (Å²) in [5.41, 5.74) is 7.24. The van der Waals surface area contributed by atoms with E-state index >= 15 is 0 Å². The lowest BCUT2D eigenvalue weighted by atomic mass is 10.2. The van der Waals surface area contributed by atoms with Gasteiger partial charge in [0.05, 0.1) is 5.56 Å². The van der Waals surface area contributed by atoms with Gasteiger partial charge < -0.3 is 10.6 Å². The molecule has 1 aromatic rings.